The molecular weight excluding hydrogens is 248 g/mol. The molecule has 0 fully saturated rings. The van der Waals surface area contributed by atoms with E-state index in [1.807, 2.05) is 30.3 Å². The third-order valence-corrected chi connectivity index (χ3v) is 3.40. The van der Waals surface area contributed by atoms with Gasteiger partial charge in [-0.1, -0.05) is 30.3 Å². The maximum absolute atomic E-state index is 9.34. The van der Waals surface area contributed by atoms with Gasteiger partial charge in [-0.05, 0) is 36.8 Å². The minimum absolute atomic E-state index is 0.142. The number of hydrogen-bond donors (Lipinski definition) is 2. The zero-order valence-electron chi connectivity index (χ0n) is 11.2. The van der Waals surface area contributed by atoms with Crippen LogP contribution in [0.5, 0.6) is 5.75 Å². The molecule has 1 atom stereocenters. The van der Waals surface area contributed by atoms with Crippen LogP contribution in [0.1, 0.15) is 18.5 Å². The summed E-state index contributed by atoms with van der Waals surface area (Å²) in [6.07, 6.45) is 1.80. The van der Waals surface area contributed by atoms with Gasteiger partial charge in [0.2, 0.25) is 0 Å². The molecule has 3 rings (SSSR count). The van der Waals surface area contributed by atoms with Crippen molar-refractivity contribution < 1.29 is 5.11 Å². The van der Waals surface area contributed by atoms with E-state index in [4.69, 9.17) is 0 Å². The first-order chi connectivity index (χ1) is 9.74. The molecule has 0 amide bonds. The van der Waals surface area contributed by atoms with Gasteiger partial charge in [-0.25, -0.2) is 0 Å². The second-order valence-corrected chi connectivity index (χ2v) is 4.84. The first-order valence-corrected chi connectivity index (χ1v) is 6.63. The molecule has 1 heterocycles. The van der Waals surface area contributed by atoms with Crippen LogP contribution in [0.25, 0.3) is 10.9 Å². The van der Waals surface area contributed by atoms with Gasteiger partial charge in [0.15, 0.2) is 0 Å². The molecule has 100 valence electrons. The topological polar surface area (TPSA) is 45.2 Å². The van der Waals surface area contributed by atoms with E-state index in [0.717, 1.165) is 22.2 Å². The monoisotopic (exact) mass is 264 g/mol. The standard InChI is InChI=1S/C17H16N2O/c1-12(13-7-9-15(20)10-8-13)19-16-6-2-4-14-5-3-11-18-17(14)16/h2-12,19-20H,1H3. The number of aromatic hydroxyl groups is 1. The first-order valence-electron chi connectivity index (χ1n) is 6.63. The number of phenolic OH excluding ortho intramolecular Hbond substituents is 1. The van der Waals surface area contributed by atoms with Gasteiger partial charge in [0.05, 0.1) is 11.2 Å². The first kappa shape index (κ1) is 12.5. The van der Waals surface area contributed by atoms with Crippen LogP contribution in [-0.4, -0.2) is 10.1 Å². The van der Waals surface area contributed by atoms with Crippen LogP contribution in [0.4, 0.5) is 5.69 Å². The molecule has 0 aliphatic carbocycles. The molecule has 0 aliphatic rings. The van der Waals surface area contributed by atoms with Crippen LogP contribution in [0.15, 0.2) is 60.8 Å². The number of nitrogens with zero attached hydrogens (tertiary/aromatic N) is 1. The summed E-state index contributed by atoms with van der Waals surface area (Å²) in [5.74, 6) is 0.285. The van der Waals surface area contributed by atoms with Crippen molar-refractivity contribution in [3.05, 3.63) is 66.4 Å². The molecule has 0 radical (unpaired) electrons. The van der Waals surface area contributed by atoms with Crippen molar-refractivity contribution >= 4 is 16.6 Å². The average molecular weight is 264 g/mol. The van der Waals surface area contributed by atoms with Crippen molar-refractivity contribution in [2.45, 2.75) is 13.0 Å². The molecule has 3 aromatic rings. The number of anilines is 1. The third-order valence-electron chi connectivity index (χ3n) is 3.40. The Morgan fingerprint density at radius 2 is 1.75 bits per heavy atom. The number of hydrogen-bond acceptors (Lipinski definition) is 3. The van der Waals surface area contributed by atoms with Crippen LogP contribution in [0, 0.1) is 0 Å². The van der Waals surface area contributed by atoms with E-state index in [1.54, 1.807) is 18.3 Å². The highest BCUT2D eigenvalue weighted by Crippen LogP contribution is 2.26. The van der Waals surface area contributed by atoms with E-state index in [-0.39, 0.29) is 11.8 Å². The lowest BCUT2D eigenvalue weighted by Crippen LogP contribution is -2.07. The van der Waals surface area contributed by atoms with Crippen LogP contribution in [0.2, 0.25) is 0 Å². The molecule has 0 saturated carbocycles. The molecule has 1 aromatic heterocycles. The number of para-hydroxylation sites is 1. The normalized spacial score (nSPS) is 12.2. The minimum Gasteiger partial charge on any atom is -0.508 e. The Labute approximate surface area is 117 Å². The quantitative estimate of drug-likeness (QED) is 0.748. The Morgan fingerprint density at radius 3 is 2.55 bits per heavy atom. The van der Waals surface area contributed by atoms with Crippen molar-refractivity contribution in [2.75, 3.05) is 5.32 Å². The van der Waals surface area contributed by atoms with Gasteiger partial charge < -0.3 is 10.4 Å². The molecule has 2 N–H and O–H groups in total. The SMILES string of the molecule is CC(Nc1cccc2cccnc12)c1ccc(O)cc1. The number of nitrogens with one attached hydrogen (secondary N) is 1. The Bertz CT molecular complexity index is 717. The molecule has 2 aromatic carbocycles. The second-order valence-electron chi connectivity index (χ2n) is 4.84. The number of rotatable bonds is 3. The summed E-state index contributed by atoms with van der Waals surface area (Å²) in [7, 11) is 0. The summed E-state index contributed by atoms with van der Waals surface area (Å²) in [5, 5.41) is 13.9. The largest absolute Gasteiger partial charge is 0.508 e. The second kappa shape index (κ2) is 5.21. The highest BCUT2D eigenvalue weighted by Gasteiger charge is 2.08. The fourth-order valence-electron chi connectivity index (χ4n) is 2.30. The summed E-state index contributed by atoms with van der Waals surface area (Å²) in [5.41, 5.74) is 3.11. The molecule has 0 aliphatic heterocycles. The summed E-state index contributed by atoms with van der Waals surface area (Å²) < 4.78 is 0. The maximum atomic E-state index is 9.34. The van der Waals surface area contributed by atoms with Gasteiger partial charge in [0.25, 0.3) is 0 Å². The third kappa shape index (κ3) is 2.43. The molecular formula is C17H16N2O. The molecule has 0 bridgehead atoms. The summed E-state index contributed by atoms with van der Waals surface area (Å²) in [6, 6.07) is 17.5. The van der Waals surface area contributed by atoms with Gasteiger partial charge in [-0.2, -0.15) is 0 Å². The summed E-state index contributed by atoms with van der Waals surface area (Å²) in [6.45, 7) is 2.09. The van der Waals surface area contributed by atoms with Gasteiger partial charge in [0.1, 0.15) is 5.75 Å². The molecule has 3 nitrogen and oxygen atoms in total. The van der Waals surface area contributed by atoms with E-state index >= 15 is 0 Å². The number of benzene rings is 2. The molecule has 3 heteroatoms. The van der Waals surface area contributed by atoms with Crippen LogP contribution >= 0.6 is 0 Å². The number of pyridine rings is 1. The maximum Gasteiger partial charge on any atom is 0.115 e. The minimum atomic E-state index is 0.142. The molecule has 1 unspecified atom stereocenters. The Hall–Kier alpha value is -2.55. The van der Waals surface area contributed by atoms with E-state index in [1.165, 1.54) is 0 Å². The summed E-state index contributed by atoms with van der Waals surface area (Å²) in [4.78, 5) is 4.44. The van der Waals surface area contributed by atoms with E-state index < -0.39 is 0 Å². The number of aromatic nitrogens is 1. The van der Waals surface area contributed by atoms with Crippen LogP contribution in [-0.2, 0) is 0 Å². The van der Waals surface area contributed by atoms with Gasteiger partial charge in [-0.15, -0.1) is 0 Å². The van der Waals surface area contributed by atoms with Crippen LogP contribution in [0.3, 0.4) is 0 Å². The zero-order chi connectivity index (χ0) is 13.9. The van der Waals surface area contributed by atoms with Gasteiger partial charge in [-0.3, -0.25) is 4.98 Å². The predicted molar refractivity (Wildman–Crippen MR) is 81.9 cm³/mol. The number of phenols is 1. The average Bonchev–Trinajstić information content (AvgIpc) is 2.48. The van der Waals surface area contributed by atoms with Gasteiger partial charge in [0, 0.05) is 17.6 Å². The van der Waals surface area contributed by atoms with Gasteiger partial charge >= 0.3 is 0 Å². The fourth-order valence-corrected chi connectivity index (χ4v) is 2.30. The fraction of sp³-hybridized carbons (Fsp3) is 0.118. The zero-order valence-corrected chi connectivity index (χ0v) is 11.2. The lowest BCUT2D eigenvalue weighted by molar-refractivity contribution is 0.475. The number of fused-ring (bicyclic) bond motifs is 1. The van der Waals surface area contributed by atoms with Crippen LogP contribution < -0.4 is 5.32 Å². The van der Waals surface area contributed by atoms with E-state index in [2.05, 4.69) is 29.4 Å². The van der Waals surface area contributed by atoms with Crippen molar-refractivity contribution in [3.63, 3.8) is 0 Å². The predicted octanol–water partition coefficient (Wildman–Crippen LogP) is 4.11. The van der Waals surface area contributed by atoms with Crippen molar-refractivity contribution in [1.82, 2.24) is 4.98 Å². The molecule has 20 heavy (non-hydrogen) atoms. The Balaban J connectivity index is 1.91. The van der Waals surface area contributed by atoms with Crippen molar-refractivity contribution in [2.24, 2.45) is 0 Å². The highest BCUT2D eigenvalue weighted by molar-refractivity contribution is 5.90. The van der Waals surface area contributed by atoms with Crippen molar-refractivity contribution in [1.29, 1.82) is 0 Å². The smallest absolute Gasteiger partial charge is 0.115 e. The highest BCUT2D eigenvalue weighted by atomic mass is 16.3. The van der Waals surface area contributed by atoms with E-state index in [0.29, 0.717) is 0 Å². The Morgan fingerprint density at radius 1 is 1.00 bits per heavy atom. The molecule has 0 saturated heterocycles. The lowest BCUT2D eigenvalue weighted by atomic mass is 10.1. The molecule has 0 spiro atoms. The van der Waals surface area contributed by atoms with Crippen molar-refractivity contribution in [3.8, 4) is 5.75 Å². The Kier molecular flexibility index (Phi) is 3.25. The summed E-state index contributed by atoms with van der Waals surface area (Å²) >= 11 is 0. The lowest BCUT2D eigenvalue weighted by Gasteiger charge is -2.17. The van der Waals surface area contributed by atoms with E-state index in [9.17, 15) is 5.11 Å².